The number of benzene rings is 1. The summed E-state index contributed by atoms with van der Waals surface area (Å²) in [6, 6.07) is 5.61. The SMILES string of the molecule is Cc1c(N)cccc1S(=O)CCC1CCCO1. The molecule has 94 valence electrons. The van der Waals surface area contributed by atoms with E-state index in [9.17, 15) is 4.21 Å². The lowest BCUT2D eigenvalue weighted by molar-refractivity contribution is 0.109. The molecule has 4 heteroatoms. The lowest BCUT2D eigenvalue weighted by Gasteiger charge is -2.11. The summed E-state index contributed by atoms with van der Waals surface area (Å²) in [5.74, 6) is 0.662. The Hall–Kier alpha value is -0.870. The first-order chi connectivity index (χ1) is 8.18. The van der Waals surface area contributed by atoms with Crippen molar-refractivity contribution in [3.05, 3.63) is 23.8 Å². The molecular formula is C13H19NO2S. The van der Waals surface area contributed by atoms with Gasteiger partial charge in [-0.25, -0.2) is 0 Å². The number of rotatable bonds is 4. The highest BCUT2D eigenvalue weighted by atomic mass is 32.2. The summed E-state index contributed by atoms with van der Waals surface area (Å²) in [6.45, 7) is 2.78. The van der Waals surface area contributed by atoms with Crippen LogP contribution in [0.15, 0.2) is 23.1 Å². The van der Waals surface area contributed by atoms with Crippen molar-refractivity contribution in [3.63, 3.8) is 0 Å². The first kappa shape index (κ1) is 12.6. The van der Waals surface area contributed by atoms with Gasteiger partial charge in [-0.3, -0.25) is 4.21 Å². The molecule has 1 heterocycles. The van der Waals surface area contributed by atoms with Gasteiger partial charge in [0.2, 0.25) is 0 Å². The Bertz CT molecular complexity index is 414. The Morgan fingerprint density at radius 3 is 3.06 bits per heavy atom. The summed E-state index contributed by atoms with van der Waals surface area (Å²) in [5, 5.41) is 0. The second-order valence-electron chi connectivity index (χ2n) is 4.44. The highest BCUT2D eigenvalue weighted by Gasteiger charge is 2.17. The average molecular weight is 253 g/mol. The molecule has 0 aromatic heterocycles. The summed E-state index contributed by atoms with van der Waals surface area (Å²) in [5.41, 5.74) is 7.48. The quantitative estimate of drug-likeness (QED) is 0.837. The molecule has 1 fully saturated rings. The van der Waals surface area contributed by atoms with Crippen molar-refractivity contribution >= 4 is 16.5 Å². The van der Waals surface area contributed by atoms with E-state index in [1.807, 2.05) is 25.1 Å². The van der Waals surface area contributed by atoms with Gasteiger partial charge in [-0.1, -0.05) is 6.07 Å². The van der Waals surface area contributed by atoms with Crippen LogP contribution in [0.1, 0.15) is 24.8 Å². The molecule has 1 aliphatic rings. The van der Waals surface area contributed by atoms with Gasteiger partial charge in [0.25, 0.3) is 0 Å². The standard InChI is InChI=1S/C13H19NO2S/c1-10-12(14)5-2-6-13(10)17(15)9-7-11-4-3-8-16-11/h2,5-6,11H,3-4,7-9,14H2,1H3. The molecule has 17 heavy (non-hydrogen) atoms. The van der Waals surface area contributed by atoms with E-state index in [1.54, 1.807) is 0 Å². The predicted molar refractivity (Wildman–Crippen MR) is 70.5 cm³/mol. The fourth-order valence-corrected chi connectivity index (χ4v) is 3.49. The minimum atomic E-state index is -0.961. The topological polar surface area (TPSA) is 52.3 Å². The molecule has 1 saturated heterocycles. The molecule has 0 saturated carbocycles. The number of hydrogen-bond acceptors (Lipinski definition) is 3. The van der Waals surface area contributed by atoms with Gasteiger partial charge in [-0.05, 0) is 43.9 Å². The molecular weight excluding hydrogens is 234 g/mol. The van der Waals surface area contributed by atoms with Crippen LogP contribution in [0.5, 0.6) is 0 Å². The summed E-state index contributed by atoms with van der Waals surface area (Å²) in [4.78, 5) is 0.864. The van der Waals surface area contributed by atoms with Crippen LogP contribution in [0.2, 0.25) is 0 Å². The molecule has 0 radical (unpaired) electrons. The number of nitrogens with two attached hydrogens (primary N) is 1. The van der Waals surface area contributed by atoms with Crippen molar-refractivity contribution in [1.29, 1.82) is 0 Å². The Morgan fingerprint density at radius 1 is 1.53 bits per heavy atom. The summed E-state index contributed by atoms with van der Waals surface area (Å²) >= 11 is 0. The highest BCUT2D eigenvalue weighted by molar-refractivity contribution is 7.85. The van der Waals surface area contributed by atoms with Crippen molar-refractivity contribution in [2.75, 3.05) is 18.1 Å². The number of nitrogen functional groups attached to an aromatic ring is 1. The lowest BCUT2D eigenvalue weighted by atomic mass is 10.2. The number of anilines is 1. The molecule has 1 aliphatic heterocycles. The molecule has 2 N–H and O–H groups in total. The molecule has 2 unspecified atom stereocenters. The summed E-state index contributed by atoms with van der Waals surface area (Å²) in [6.07, 6.45) is 3.42. The van der Waals surface area contributed by atoms with Crippen LogP contribution in [0.4, 0.5) is 5.69 Å². The maximum Gasteiger partial charge on any atom is 0.0584 e. The smallest absolute Gasteiger partial charge is 0.0584 e. The molecule has 1 aromatic carbocycles. The Balaban J connectivity index is 1.97. The van der Waals surface area contributed by atoms with E-state index in [4.69, 9.17) is 10.5 Å². The van der Waals surface area contributed by atoms with Crippen LogP contribution in [0.3, 0.4) is 0 Å². The Morgan fingerprint density at radius 2 is 2.35 bits per heavy atom. The van der Waals surface area contributed by atoms with E-state index < -0.39 is 10.8 Å². The number of ether oxygens (including phenoxy) is 1. The van der Waals surface area contributed by atoms with Crippen LogP contribution in [0, 0.1) is 6.92 Å². The zero-order valence-corrected chi connectivity index (χ0v) is 11.0. The van der Waals surface area contributed by atoms with Gasteiger partial charge in [0.05, 0.1) is 16.9 Å². The molecule has 0 amide bonds. The fourth-order valence-electron chi connectivity index (χ4n) is 2.10. The van der Waals surface area contributed by atoms with Crippen molar-refractivity contribution in [2.24, 2.45) is 0 Å². The van der Waals surface area contributed by atoms with E-state index in [2.05, 4.69) is 0 Å². The van der Waals surface area contributed by atoms with Crippen molar-refractivity contribution < 1.29 is 8.95 Å². The monoisotopic (exact) mass is 253 g/mol. The highest BCUT2D eigenvalue weighted by Crippen LogP contribution is 2.21. The largest absolute Gasteiger partial charge is 0.398 e. The molecule has 0 spiro atoms. The minimum absolute atomic E-state index is 0.306. The second-order valence-corrected chi connectivity index (χ2v) is 5.98. The van der Waals surface area contributed by atoms with Gasteiger partial charge in [-0.15, -0.1) is 0 Å². The van der Waals surface area contributed by atoms with Gasteiger partial charge in [0, 0.05) is 22.9 Å². The van der Waals surface area contributed by atoms with E-state index in [-0.39, 0.29) is 0 Å². The van der Waals surface area contributed by atoms with Gasteiger partial charge in [-0.2, -0.15) is 0 Å². The zero-order valence-electron chi connectivity index (χ0n) is 10.1. The zero-order chi connectivity index (χ0) is 12.3. The summed E-state index contributed by atoms with van der Waals surface area (Å²) in [7, 11) is -0.961. The first-order valence-corrected chi connectivity index (χ1v) is 7.35. The summed E-state index contributed by atoms with van der Waals surface area (Å²) < 4.78 is 17.7. The maximum absolute atomic E-state index is 12.2. The molecule has 0 aliphatic carbocycles. The number of hydrogen-bond donors (Lipinski definition) is 1. The third-order valence-electron chi connectivity index (χ3n) is 3.22. The molecule has 2 atom stereocenters. The van der Waals surface area contributed by atoms with Gasteiger partial charge in [0.15, 0.2) is 0 Å². The Kier molecular flexibility index (Phi) is 4.18. The molecule has 0 bridgehead atoms. The van der Waals surface area contributed by atoms with Gasteiger partial charge >= 0.3 is 0 Å². The normalized spacial score (nSPS) is 21.6. The minimum Gasteiger partial charge on any atom is -0.398 e. The van der Waals surface area contributed by atoms with E-state index >= 15 is 0 Å². The van der Waals surface area contributed by atoms with E-state index in [0.29, 0.717) is 17.5 Å². The second kappa shape index (κ2) is 5.65. The lowest BCUT2D eigenvalue weighted by Crippen LogP contribution is -2.11. The Labute approximate surface area is 105 Å². The fraction of sp³-hybridized carbons (Fsp3) is 0.538. The van der Waals surface area contributed by atoms with Crippen LogP contribution in [0.25, 0.3) is 0 Å². The average Bonchev–Trinajstić information content (AvgIpc) is 2.82. The van der Waals surface area contributed by atoms with Crippen molar-refractivity contribution in [1.82, 2.24) is 0 Å². The van der Waals surface area contributed by atoms with Crippen LogP contribution in [-0.2, 0) is 15.5 Å². The van der Waals surface area contributed by atoms with Crippen molar-refractivity contribution in [3.8, 4) is 0 Å². The maximum atomic E-state index is 12.2. The molecule has 3 nitrogen and oxygen atoms in total. The van der Waals surface area contributed by atoms with Gasteiger partial charge in [0.1, 0.15) is 0 Å². The predicted octanol–water partition coefficient (Wildman–Crippen LogP) is 2.25. The van der Waals surface area contributed by atoms with Crippen LogP contribution in [-0.4, -0.2) is 22.7 Å². The van der Waals surface area contributed by atoms with Crippen LogP contribution < -0.4 is 5.73 Å². The van der Waals surface area contributed by atoms with Crippen LogP contribution >= 0.6 is 0 Å². The third-order valence-corrected chi connectivity index (χ3v) is 4.76. The molecule has 1 aromatic rings. The third kappa shape index (κ3) is 3.07. The van der Waals surface area contributed by atoms with E-state index in [1.165, 1.54) is 0 Å². The first-order valence-electron chi connectivity index (χ1n) is 6.03. The molecule has 2 rings (SSSR count). The van der Waals surface area contributed by atoms with E-state index in [0.717, 1.165) is 36.3 Å². The van der Waals surface area contributed by atoms with Crippen molar-refractivity contribution in [2.45, 2.75) is 37.2 Å². The van der Waals surface area contributed by atoms with Gasteiger partial charge < -0.3 is 10.5 Å².